The summed E-state index contributed by atoms with van der Waals surface area (Å²) in [5.74, 6) is 0.253. The van der Waals surface area contributed by atoms with Crippen LogP contribution in [-0.4, -0.2) is 47.5 Å². The molecule has 144 valence electrons. The van der Waals surface area contributed by atoms with Crippen LogP contribution in [0.1, 0.15) is 15.9 Å². The summed E-state index contributed by atoms with van der Waals surface area (Å²) in [4.78, 5) is 13.8. The average molecular weight is 390 g/mol. The van der Waals surface area contributed by atoms with E-state index in [-0.39, 0.29) is 17.2 Å². The number of hydrogen-bond acceptors (Lipinski definition) is 5. The number of nitrogens with zero attached hydrogens (tertiary/aromatic N) is 1. The topological polar surface area (TPSA) is 84.9 Å². The monoisotopic (exact) mass is 390 g/mol. The predicted octanol–water partition coefficient (Wildman–Crippen LogP) is 2.82. The van der Waals surface area contributed by atoms with Crippen LogP contribution in [0.15, 0.2) is 47.9 Å². The Hall–Kier alpha value is -3.00. The third-order valence-corrected chi connectivity index (χ3v) is 4.65. The molecule has 27 heavy (non-hydrogen) atoms. The van der Waals surface area contributed by atoms with Crippen molar-refractivity contribution in [3.05, 3.63) is 59.0 Å². The molecule has 0 saturated carbocycles. The van der Waals surface area contributed by atoms with Gasteiger partial charge in [-0.05, 0) is 17.7 Å². The molecule has 0 radical (unpaired) electrons. The van der Waals surface area contributed by atoms with Gasteiger partial charge in [0.15, 0.2) is 11.5 Å². The second-order valence-corrected chi connectivity index (χ2v) is 7.38. The van der Waals surface area contributed by atoms with E-state index < -0.39 is 10.0 Å². The third-order valence-electron chi connectivity index (χ3n) is 3.65. The molecule has 2 aromatic carbocycles. The lowest BCUT2D eigenvalue weighted by molar-refractivity contribution is 0.0828. The van der Waals surface area contributed by atoms with Crippen molar-refractivity contribution in [1.82, 2.24) is 4.90 Å². The molecule has 0 aliphatic carbocycles. The molecule has 1 N–H and O–H groups in total. The van der Waals surface area contributed by atoms with Gasteiger partial charge >= 0.3 is 0 Å². The lowest BCUT2D eigenvalue weighted by Gasteiger charge is -2.17. The maximum absolute atomic E-state index is 12.5. The Morgan fingerprint density at radius 2 is 1.63 bits per heavy atom. The lowest BCUT2D eigenvalue weighted by Crippen LogP contribution is -2.24. The molecule has 0 bridgehead atoms. The van der Waals surface area contributed by atoms with Crippen LogP contribution in [0.2, 0.25) is 0 Å². The van der Waals surface area contributed by atoms with Crippen LogP contribution >= 0.6 is 0 Å². The zero-order valence-electron chi connectivity index (χ0n) is 15.6. The quantitative estimate of drug-likeness (QED) is 0.786. The predicted molar refractivity (Wildman–Crippen MR) is 106 cm³/mol. The van der Waals surface area contributed by atoms with Crippen LogP contribution in [0.25, 0.3) is 6.08 Å². The van der Waals surface area contributed by atoms with Gasteiger partial charge in [0.05, 0.1) is 30.9 Å². The summed E-state index contributed by atoms with van der Waals surface area (Å²) in [6.45, 7) is 0. The standard InChI is InChI=1S/C19H22N2O5S/c1-21(2)19(22)15-12-17(25-3)18(26-4)13-16(15)20-27(23,24)11-10-14-8-6-5-7-9-14/h5-13,20H,1-4H3/b11-10+. The van der Waals surface area contributed by atoms with E-state index in [4.69, 9.17) is 9.47 Å². The minimum absolute atomic E-state index is 0.101. The fraction of sp³-hybridized carbons (Fsp3) is 0.211. The Morgan fingerprint density at radius 1 is 1.04 bits per heavy atom. The summed E-state index contributed by atoms with van der Waals surface area (Å²) < 4.78 is 37.8. The highest BCUT2D eigenvalue weighted by Crippen LogP contribution is 2.34. The van der Waals surface area contributed by atoms with Gasteiger partial charge in [-0.15, -0.1) is 0 Å². The van der Waals surface area contributed by atoms with E-state index in [0.717, 1.165) is 11.0 Å². The minimum Gasteiger partial charge on any atom is -0.493 e. The van der Waals surface area contributed by atoms with E-state index in [9.17, 15) is 13.2 Å². The maximum atomic E-state index is 12.5. The largest absolute Gasteiger partial charge is 0.493 e. The summed E-state index contributed by atoms with van der Waals surface area (Å²) in [5.41, 5.74) is 0.984. The first-order valence-corrected chi connectivity index (χ1v) is 9.55. The van der Waals surface area contributed by atoms with Gasteiger partial charge in [-0.25, -0.2) is 8.42 Å². The second kappa shape index (κ2) is 8.59. The number of benzene rings is 2. The van der Waals surface area contributed by atoms with Crippen molar-refractivity contribution in [2.75, 3.05) is 33.0 Å². The molecule has 7 nitrogen and oxygen atoms in total. The van der Waals surface area contributed by atoms with Crippen molar-refractivity contribution in [2.45, 2.75) is 0 Å². The Kier molecular flexibility index (Phi) is 6.46. The molecule has 0 fully saturated rings. The molecule has 2 aromatic rings. The summed E-state index contributed by atoms with van der Waals surface area (Å²) in [6.07, 6.45) is 1.47. The van der Waals surface area contributed by atoms with Gasteiger partial charge in [-0.3, -0.25) is 9.52 Å². The zero-order chi connectivity index (χ0) is 20.0. The van der Waals surface area contributed by atoms with Crippen molar-refractivity contribution in [2.24, 2.45) is 0 Å². The molecule has 0 aliphatic rings. The highest BCUT2D eigenvalue weighted by molar-refractivity contribution is 7.95. The number of nitrogens with one attached hydrogen (secondary N) is 1. The fourth-order valence-corrected chi connectivity index (χ4v) is 3.18. The number of hydrogen-bond donors (Lipinski definition) is 1. The Balaban J connectivity index is 2.43. The van der Waals surface area contributed by atoms with E-state index in [1.807, 2.05) is 18.2 Å². The highest BCUT2D eigenvalue weighted by Gasteiger charge is 2.21. The summed E-state index contributed by atoms with van der Waals surface area (Å²) >= 11 is 0. The van der Waals surface area contributed by atoms with Crippen molar-refractivity contribution < 1.29 is 22.7 Å². The highest BCUT2D eigenvalue weighted by atomic mass is 32.2. The summed E-state index contributed by atoms with van der Waals surface area (Å²) in [7, 11) is 2.16. The third kappa shape index (κ3) is 5.24. The molecule has 0 heterocycles. The Morgan fingerprint density at radius 3 is 2.19 bits per heavy atom. The molecule has 1 amide bonds. The van der Waals surface area contributed by atoms with Crippen LogP contribution in [0, 0.1) is 0 Å². The number of amides is 1. The Bertz CT molecular complexity index is 938. The van der Waals surface area contributed by atoms with Crippen molar-refractivity contribution >= 4 is 27.7 Å². The molecule has 0 aromatic heterocycles. The van der Waals surface area contributed by atoms with Gasteiger partial charge in [-0.1, -0.05) is 30.3 Å². The first-order chi connectivity index (χ1) is 12.8. The van der Waals surface area contributed by atoms with E-state index in [1.54, 1.807) is 26.2 Å². The van der Waals surface area contributed by atoms with E-state index >= 15 is 0 Å². The number of carbonyl (C=O) groups is 1. The summed E-state index contributed by atoms with van der Waals surface area (Å²) in [6, 6.07) is 11.9. The SMILES string of the molecule is COc1cc(NS(=O)(=O)/C=C/c2ccccc2)c(C(=O)N(C)C)cc1OC. The number of ether oxygens (including phenoxy) is 2. The van der Waals surface area contributed by atoms with Gasteiger partial charge in [0.25, 0.3) is 15.9 Å². The van der Waals surface area contributed by atoms with E-state index in [2.05, 4.69) is 4.72 Å². The number of anilines is 1. The molecule has 0 spiro atoms. The van der Waals surface area contributed by atoms with Gasteiger partial charge in [0.2, 0.25) is 0 Å². The van der Waals surface area contributed by atoms with Crippen LogP contribution in [-0.2, 0) is 10.0 Å². The molecular weight excluding hydrogens is 368 g/mol. The van der Waals surface area contributed by atoms with E-state index in [0.29, 0.717) is 11.5 Å². The van der Waals surface area contributed by atoms with E-state index in [1.165, 1.54) is 37.3 Å². The van der Waals surface area contributed by atoms with Crippen LogP contribution < -0.4 is 14.2 Å². The molecular formula is C19H22N2O5S. The smallest absolute Gasteiger partial charge is 0.255 e. The number of sulfonamides is 1. The molecule has 8 heteroatoms. The Labute approximate surface area is 159 Å². The average Bonchev–Trinajstić information content (AvgIpc) is 2.66. The zero-order valence-corrected chi connectivity index (χ0v) is 16.4. The fourth-order valence-electron chi connectivity index (χ4n) is 2.30. The van der Waals surface area contributed by atoms with Gasteiger partial charge in [-0.2, -0.15) is 0 Å². The van der Waals surface area contributed by atoms with Crippen LogP contribution in [0.3, 0.4) is 0 Å². The first-order valence-electron chi connectivity index (χ1n) is 8.01. The van der Waals surface area contributed by atoms with Gasteiger partial charge in [0, 0.05) is 20.2 Å². The van der Waals surface area contributed by atoms with Crippen LogP contribution in [0.5, 0.6) is 11.5 Å². The first kappa shape index (κ1) is 20.3. The number of methoxy groups -OCH3 is 2. The maximum Gasteiger partial charge on any atom is 0.255 e. The summed E-state index contributed by atoms with van der Waals surface area (Å²) in [5, 5.41) is 1.04. The van der Waals surface area contributed by atoms with Gasteiger partial charge in [0.1, 0.15) is 0 Å². The molecule has 0 saturated heterocycles. The molecule has 0 aliphatic heterocycles. The second-order valence-electron chi connectivity index (χ2n) is 5.81. The van der Waals surface area contributed by atoms with Gasteiger partial charge < -0.3 is 14.4 Å². The normalized spacial score (nSPS) is 11.3. The van der Waals surface area contributed by atoms with Crippen molar-refractivity contribution in [3.8, 4) is 11.5 Å². The van der Waals surface area contributed by atoms with Crippen LogP contribution in [0.4, 0.5) is 5.69 Å². The van der Waals surface area contributed by atoms with Crippen molar-refractivity contribution in [3.63, 3.8) is 0 Å². The minimum atomic E-state index is -3.86. The molecule has 2 rings (SSSR count). The molecule has 0 unspecified atom stereocenters. The lowest BCUT2D eigenvalue weighted by atomic mass is 10.1. The van der Waals surface area contributed by atoms with Crippen molar-refractivity contribution in [1.29, 1.82) is 0 Å². The number of rotatable bonds is 7. The molecule has 0 atom stereocenters. The number of carbonyl (C=O) groups excluding carboxylic acids is 1.